The summed E-state index contributed by atoms with van der Waals surface area (Å²) in [5.41, 5.74) is 5.42. The summed E-state index contributed by atoms with van der Waals surface area (Å²) in [6.45, 7) is 7.50. The first-order valence-electron chi connectivity index (χ1n) is 8.34. The van der Waals surface area contributed by atoms with Crippen molar-refractivity contribution in [3.8, 4) is 12.1 Å². The molecule has 0 radical (unpaired) electrons. The Bertz CT molecular complexity index is 444. The van der Waals surface area contributed by atoms with Crippen LogP contribution in [-0.4, -0.2) is 99.3 Å². The van der Waals surface area contributed by atoms with Gasteiger partial charge in [0.25, 0.3) is 0 Å². The number of nitrogens with one attached hydrogen (secondary N) is 2. The SMILES string of the molecule is N#CCNCCN(CC#N)CCN1CCN(CCNCCN)C1=O. The fourth-order valence-corrected chi connectivity index (χ4v) is 2.50. The van der Waals surface area contributed by atoms with Gasteiger partial charge in [0.05, 0.1) is 25.2 Å². The maximum absolute atomic E-state index is 12.3. The Labute approximate surface area is 144 Å². The van der Waals surface area contributed by atoms with Crippen LogP contribution in [0.25, 0.3) is 0 Å². The van der Waals surface area contributed by atoms with Crippen LogP contribution in [0.15, 0.2) is 0 Å². The van der Waals surface area contributed by atoms with Gasteiger partial charge in [0, 0.05) is 65.4 Å². The number of rotatable bonds is 13. The lowest BCUT2D eigenvalue weighted by Gasteiger charge is -2.23. The molecule has 1 aliphatic heterocycles. The topological polar surface area (TPSA) is 124 Å². The summed E-state index contributed by atoms with van der Waals surface area (Å²) >= 11 is 0. The van der Waals surface area contributed by atoms with E-state index >= 15 is 0 Å². The van der Waals surface area contributed by atoms with Crippen molar-refractivity contribution in [1.29, 1.82) is 10.5 Å². The molecule has 24 heavy (non-hydrogen) atoms. The summed E-state index contributed by atoms with van der Waals surface area (Å²) in [5, 5.41) is 23.6. The van der Waals surface area contributed by atoms with Crippen LogP contribution < -0.4 is 16.4 Å². The molecular formula is C15H28N8O. The molecule has 0 aromatic heterocycles. The van der Waals surface area contributed by atoms with Gasteiger partial charge in [-0.25, -0.2) is 4.79 Å². The Morgan fingerprint density at radius 2 is 1.79 bits per heavy atom. The minimum Gasteiger partial charge on any atom is -0.329 e. The monoisotopic (exact) mass is 336 g/mol. The Morgan fingerprint density at radius 3 is 2.46 bits per heavy atom. The van der Waals surface area contributed by atoms with Gasteiger partial charge in [-0.3, -0.25) is 4.90 Å². The first-order chi connectivity index (χ1) is 11.7. The Morgan fingerprint density at radius 1 is 1.04 bits per heavy atom. The number of amides is 2. The maximum atomic E-state index is 12.3. The smallest absolute Gasteiger partial charge is 0.320 e. The van der Waals surface area contributed by atoms with Gasteiger partial charge in [-0.2, -0.15) is 10.5 Å². The molecule has 0 atom stereocenters. The molecule has 0 saturated carbocycles. The lowest BCUT2D eigenvalue weighted by molar-refractivity contribution is 0.185. The number of nitrogens with two attached hydrogens (primary N) is 1. The summed E-state index contributed by atoms with van der Waals surface area (Å²) in [7, 11) is 0. The molecule has 2 amide bonds. The van der Waals surface area contributed by atoms with E-state index in [0.717, 1.165) is 26.2 Å². The Balaban J connectivity index is 2.27. The van der Waals surface area contributed by atoms with Gasteiger partial charge in [-0.05, 0) is 0 Å². The molecular weight excluding hydrogens is 308 g/mol. The van der Waals surface area contributed by atoms with Gasteiger partial charge < -0.3 is 26.2 Å². The van der Waals surface area contributed by atoms with Crippen molar-refractivity contribution in [2.24, 2.45) is 5.73 Å². The molecule has 0 aromatic rings. The van der Waals surface area contributed by atoms with Crippen LogP contribution in [0.3, 0.4) is 0 Å². The fourth-order valence-electron chi connectivity index (χ4n) is 2.50. The van der Waals surface area contributed by atoms with Gasteiger partial charge in [0.2, 0.25) is 0 Å². The van der Waals surface area contributed by atoms with E-state index in [4.69, 9.17) is 16.3 Å². The summed E-state index contributed by atoms with van der Waals surface area (Å²) < 4.78 is 0. The quantitative estimate of drug-likeness (QED) is 0.268. The van der Waals surface area contributed by atoms with Crippen LogP contribution in [0.1, 0.15) is 0 Å². The van der Waals surface area contributed by atoms with Crippen LogP contribution in [0.5, 0.6) is 0 Å². The highest BCUT2D eigenvalue weighted by Crippen LogP contribution is 2.07. The van der Waals surface area contributed by atoms with Crippen molar-refractivity contribution in [2.45, 2.75) is 0 Å². The third-order valence-corrected chi connectivity index (χ3v) is 3.85. The van der Waals surface area contributed by atoms with E-state index in [1.165, 1.54) is 0 Å². The molecule has 1 rings (SSSR count). The van der Waals surface area contributed by atoms with Crippen LogP contribution in [0.4, 0.5) is 4.79 Å². The number of urea groups is 1. The average molecular weight is 336 g/mol. The molecule has 1 fully saturated rings. The second-order valence-electron chi connectivity index (χ2n) is 5.56. The normalized spacial score (nSPS) is 14.2. The predicted molar refractivity (Wildman–Crippen MR) is 91.0 cm³/mol. The second-order valence-corrected chi connectivity index (χ2v) is 5.56. The molecule has 1 aliphatic rings. The molecule has 0 unspecified atom stereocenters. The van der Waals surface area contributed by atoms with E-state index in [1.807, 2.05) is 20.8 Å². The molecule has 0 aromatic carbocycles. The maximum Gasteiger partial charge on any atom is 0.320 e. The number of carbonyl (C=O) groups is 1. The summed E-state index contributed by atoms with van der Waals surface area (Å²) in [6.07, 6.45) is 0. The molecule has 9 heteroatoms. The zero-order valence-corrected chi connectivity index (χ0v) is 14.2. The van der Waals surface area contributed by atoms with Crippen LogP contribution in [0.2, 0.25) is 0 Å². The Kier molecular flexibility index (Phi) is 10.5. The highest BCUT2D eigenvalue weighted by Gasteiger charge is 2.27. The van der Waals surface area contributed by atoms with Crippen molar-refractivity contribution in [3.05, 3.63) is 0 Å². The van der Waals surface area contributed by atoms with Gasteiger partial charge in [0.1, 0.15) is 0 Å². The minimum atomic E-state index is 0.0593. The number of hydrogen-bond acceptors (Lipinski definition) is 7. The molecule has 1 heterocycles. The van der Waals surface area contributed by atoms with E-state index in [1.54, 1.807) is 0 Å². The molecule has 0 spiro atoms. The summed E-state index contributed by atoms with van der Waals surface area (Å²) in [4.78, 5) is 18.0. The predicted octanol–water partition coefficient (Wildman–Crippen LogP) is -1.79. The van der Waals surface area contributed by atoms with Crippen LogP contribution in [0, 0.1) is 22.7 Å². The highest BCUT2D eigenvalue weighted by molar-refractivity contribution is 5.76. The van der Waals surface area contributed by atoms with Crippen LogP contribution >= 0.6 is 0 Å². The zero-order valence-electron chi connectivity index (χ0n) is 14.2. The van der Waals surface area contributed by atoms with Gasteiger partial charge in [-0.1, -0.05) is 0 Å². The first kappa shape index (κ1) is 20.1. The van der Waals surface area contributed by atoms with E-state index in [-0.39, 0.29) is 6.03 Å². The third kappa shape index (κ3) is 7.57. The zero-order chi connectivity index (χ0) is 17.6. The van der Waals surface area contributed by atoms with E-state index < -0.39 is 0 Å². The average Bonchev–Trinajstić information content (AvgIpc) is 2.93. The largest absolute Gasteiger partial charge is 0.329 e. The lowest BCUT2D eigenvalue weighted by Crippen LogP contribution is -2.41. The second kappa shape index (κ2) is 12.5. The lowest BCUT2D eigenvalue weighted by atomic mass is 10.4. The third-order valence-electron chi connectivity index (χ3n) is 3.85. The molecule has 4 N–H and O–H groups in total. The minimum absolute atomic E-state index is 0.0593. The van der Waals surface area contributed by atoms with Crippen molar-refractivity contribution >= 4 is 6.03 Å². The molecule has 0 bridgehead atoms. The standard InChI is InChI=1S/C15H28N8O/c16-1-4-19-6-9-21(8-3-18)11-12-23-14-13-22(15(23)24)10-7-20-5-2-17/h19-20H,2,4-14,17H2. The van der Waals surface area contributed by atoms with Crippen molar-refractivity contribution in [2.75, 3.05) is 78.5 Å². The molecule has 9 nitrogen and oxygen atoms in total. The number of nitriles is 2. The first-order valence-corrected chi connectivity index (χ1v) is 8.34. The summed E-state index contributed by atoms with van der Waals surface area (Å²) in [6, 6.07) is 4.22. The van der Waals surface area contributed by atoms with Gasteiger partial charge >= 0.3 is 6.03 Å². The Hall–Kier alpha value is -1.91. The van der Waals surface area contributed by atoms with Gasteiger partial charge in [-0.15, -0.1) is 0 Å². The molecule has 1 saturated heterocycles. The summed E-state index contributed by atoms with van der Waals surface area (Å²) in [5.74, 6) is 0. The van der Waals surface area contributed by atoms with E-state index in [9.17, 15) is 4.79 Å². The molecule has 0 aliphatic carbocycles. The highest BCUT2D eigenvalue weighted by atomic mass is 16.2. The number of hydrogen-bond donors (Lipinski definition) is 3. The number of nitrogens with zero attached hydrogens (tertiary/aromatic N) is 5. The fraction of sp³-hybridized carbons (Fsp3) is 0.800. The molecule has 134 valence electrons. The van der Waals surface area contributed by atoms with Crippen molar-refractivity contribution < 1.29 is 4.79 Å². The van der Waals surface area contributed by atoms with Crippen molar-refractivity contribution in [3.63, 3.8) is 0 Å². The van der Waals surface area contributed by atoms with Gasteiger partial charge in [0.15, 0.2) is 0 Å². The number of carbonyl (C=O) groups excluding carboxylic acids is 1. The van der Waals surface area contributed by atoms with Crippen molar-refractivity contribution in [1.82, 2.24) is 25.3 Å². The van der Waals surface area contributed by atoms with E-state index in [0.29, 0.717) is 52.4 Å². The van der Waals surface area contributed by atoms with Crippen LogP contribution in [-0.2, 0) is 0 Å². The van der Waals surface area contributed by atoms with E-state index in [2.05, 4.69) is 16.7 Å².